The highest BCUT2D eigenvalue weighted by Crippen LogP contribution is 2.28. The van der Waals surface area contributed by atoms with Crippen LogP contribution >= 0.6 is 11.3 Å². The van der Waals surface area contributed by atoms with Gasteiger partial charge >= 0.3 is 0 Å². The standard InChI is InChI=1S/C21H26N4O2S/c26-20(22-17-6-1-2-7-18(17)24-9-3-4-10-24)16-23-11-13-25(14-12-23)21(27)19-8-5-15-28-19/h1-2,5-8,15H,3-4,9-14,16H2,(H,22,26). The van der Waals surface area contributed by atoms with Crippen LogP contribution in [0.15, 0.2) is 41.8 Å². The Labute approximate surface area is 169 Å². The fourth-order valence-electron chi connectivity index (χ4n) is 3.87. The number of carbonyl (C=O) groups excluding carboxylic acids is 2. The smallest absolute Gasteiger partial charge is 0.264 e. The van der Waals surface area contributed by atoms with Crippen LogP contribution < -0.4 is 10.2 Å². The summed E-state index contributed by atoms with van der Waals surface area (Å²) in [5.74, 6) is 0.100. The summed E-state index contributed by atoms with van der Waals surface area (Å²) < 4.78 is 0. The average Bonchev–Trinajstić information content (AvgIpc) is 3.43. The lowest BCUT2D eigenvalue weighted by Crippen LogP contribution is -2.50. The van der Waals surface area contributed by atoms with E-state index in [0.29, 0.717) is 19.6 Å². The van der Waals surface area contributed by atoms with Crippen molar-refractivity contribution in [3.8, 4) is 0 Å². The van der Waals surface area contributed by atoms with E-state index < -0.39 is 0 Å². The van der Waals surface area contributed by atoms with Crippen molar-refractivity contribution in [2.24, 2.45) is 0 Å². The third kappa shape index (κ3) is 4.36. The van der Waals surface area contributed by atoms with Crippen LogP contribution in [-0.2, 0) is 4.79 Å². The number of piperazine rings is 1. The third-order valence-electron chi connectivity index (χ3n) is 5.38. The quantitative estimate of drug-likeness (QED) is 0.842. The highest BCUT2D eigenvalue weighted by Gasteiger charge is 2.24. The molecular formula is C21H26N4O2S. The number of anilines is 2. The second kappa shape index (κ2) is 8.75. The molecule has 3 heterocycles. The number of thiophene rings is 1. The van der Waals surface area contributed by atoms with Gasteiger partial charge in [-0.3, -0.25) is 14.5 Å². The summed E-state index contributed by atoms with van der Waals surface area (Å²) in [5.41, 5.74) is 2.00. The number of para-hydroxylation sites is 2. The molecule has 2 aromatic rings. The molecule has 2 aliphatic rings. The highest BCUT2D eigenvalue weighted by atomic mass is 32.1. The van der Waals surface area contributed by atoms with Gasteiger partial charge in [0.2, 0.25) is 5.91 Å². The van der Waals surface area contributed by atoms with Gasteiger partial charge in [0.05, 0.1) is 22.8 Å². The van der Waals surface area contributed by atoms with Crippen molar-refractivity contribution < 1.29 is 9.59 Å². The molecule has 0 bridgehead atoms. The summed E-state index contributed by atoms with van der Waals surface area (Å²) in [6, 6.07) is 11.8. The van der Waals surface area contributed by atoms with E-state index in [1.165, 1.54) is 24.2 Å². The van der Waals surface area contributed by atoms with Crippen molar-refractivity contribution in [2.45, 2.75) is 12.8 Å². The Morgan fingerprint density at radius 1 is 0.929 bits per heavy atom. The molecule has 0 radical (unpaired) electrons. The Morgan fingerprint density at radius 2 is 1.68 bits per heavy atom. The molecule has 1 N–H and O–H groups in total. The molecule has 28 heavy (non-hydrogen) atoms. The van der Waals surface area contributed by atoms with Gasteiger partial charge in [-0.15, -0.1) is 11.3 Å². The van der Waals surface area contributed by atoms with Crippen LogP contribution in [0.2, 0.25) is 0 Å². The first kappa shape index (κ1) is 19.0. The van der Waals surface area contributed by atoms with Gasteiger partial charge in [0.25, 0.3) is 5.91 Å². The topological polar surface area (TPSA) is 55.9 Å². The Morgan fingerprint density at radius 3 is 2.39 bits per heavy atom. The van der Waals surface area contributed by atoms with Crippen molar-refractivity contribution in [3.63, 3.8) is 0 Å². The number of amides is 2. The van der Waals surface area contributed by atoms with E-state index in [1.807, 2.05) is 40.6 Å². The van der Waals surface area contributed by atoms with Crippen molar-refractivity contribution in [2.75, 3.05) is 56.0 Å². The molecule has 2 saturated heterocycles. The second-order valence-corrected chi connectivity index (χ2v) is 8.25. The number of carbonyl (C=O) groups is 2. The SMILES string of the molecule is O=C(CN1CCN(C(=O)c2cccs2)CC1)Nc1ccccc1N1CCCC1. The maximum atomic E-state index is 12.6. The molecule has 0 aliphatic carbocycles. The number of hydrogen-bond donors (Lipinski definition) is 1. The molecule has 2 aliphatic heterocycles. The zero-order chi connectivity index (χ0) is 19.3. The fraction of sp³-hybridized carbons (Fsp3) is 0.429. The van der Waals surface area contributed by atoms with Gasteiger partial charge in [0.1, 0.15) is 0 Å². The van der Waals surface area contributed by atoms with Gasteiger partial charge < -0.3 is 15.1 Å². The van der Waals surface area contributed by atoms with E-state index in [9.17, 15) is 9.59 Å². The predicted molar refractivity (Wildman–Crippen MR) is 113 cm³/mol. The van der Waals surface area contributed by atoms with Crippen LogP contribution in [0, 0.1) is 0 Å². The Bertz CT molecular complexity index is 810. The molecule has 4 rings (SSSR count). The minimum atomic E-state index is 0.00433. The average molecular weight is 399 g/mol. The summed E-state index contributed by atoms with van der Waals surface area (Å²) >= 11 is 1.48. The summed E-state index contributed by atoms with van der Waals surface area (Å²) in [4.78, 5) is 32.1. The largest absolute Gasteiger partial charge is 0.370 e. The second-order valence-electron chi connectivity index (χ2n) is 7.31. The summed E-state index contributed by atoms with van der Waals surface area (Å²) in [6.07, 6.45) is 2.41. The minimum Gasteiger partial charge on any atom is -0.370 e. The monoisotopic (exact) mass is 398 g/mol. The summed E-state index contributed by atoms with van der Waals surface area (Å²) in [6.45, 7) is 5.22. The lowest BCUT2D eigenvalue weighted by Gasteiger charge is -2.34. The normalized spacial score (nSPS) is 17.7. The molecule has 1 aromatic carbocycles. The van der Waals surface area contributed by atoms with Gasteiger partial charge in [-0.1, -0.05) is 18.2 Å². The van der Waals surface area contributed by atoms with Gasteiger partial charge in [-0.25, -0.2) is 0 Å². The van der Waals surface area contributed by atoms with E-state index in [0.717, 1.165) is 42.4 Å². The van der Waals surface area contributed by atoms with Crippen molar-refractivity contribution in [3.05, 3.63) is 46.7 Å². The predicted octanol–water partition coefficient (Wildman–Crippen LogP) is 2.74. The Kier molecular flexibility index (Phi) is 5.92. The highest BCUT2D eigenvalue weighted by molar-refractivity contribution is 7.12. The number of nitrogens with zero attached hydrogens (tertiary/aromatic N) is 3. The minimum absolute atomic E-state index is 0.00433. The van der Waals surface area contributed by atoms with Crippen LogP contribution in [0.1, 0.15) is 22.5 Å². The molecule has 0 saturated carbocycles. The molecule has 6 nitrogen and oxygen atoms in total. The van der Waals surface area contributed by atoms with E-state index in [2.05, 4.69) is 21.2 Å². The van der Waals surface area contributed by atoms with Gasteiger partial charge in [-0.05, 0) is 36.4 Å². The van der Waals surface area contributed by atoms with Crippen LogP contribution in [0.5, 0.6) is 0 Å². The first-order valence-corrected chi connectivity index (χ1v) is 10.8. The maximum absolute atomic E-state index is 12.6. The van der Waals surface area contributed by atoms with E-state index >= 15 is 0 Å². The molecule has 2 fully saturated rings. The Balaban J connectivity index is 1.29. The van der Waals surface area contributed by atoms with Crippen LogP contribution in [0.4, 0.5) is 11.4 Å². The van der Waals surface area contributed by atoms with Crippen molar-refractivity contribution in [1.82, 2.24) is 9.80 Å². The zero-order valence-corrected chi connectivity index (χ0v) is 16.8. The van der Waals surface area contributed by atoms with Gasteiger partial charge in [0.15, 0.2) is 0 Å². The number of benzene rings is 1. The number of hydrogen-bond acceptors (Lipinski definition) is 5. The maximum Gasteiger partial charge on any atom is 0.264 e. The van der Waals surface area contributed by atoms with Crippen molar-refractivity contribution >= 4 is 34.5 Å². The molecule has 0 atom stereocenters. The number of nitrogens with one attached hydrogen (secondary N) is 1. The fourth-order valence-corrected chi connectivity index (χ4v) is 4.56. The van der Waals surface area contributed by atoms with Gasteiger partial charge in [0, 0.05) is 39.3 Å². The van der Waals surface area contributed by atoms with E-state index in [4.69, 9.17) is 0 Å². The molecule has 7 heteroatoms. The molecular weight excluding hydrogens is 372 g/mol. The summed E-state index contributed by atoms with van der Waals surface area (Å²) in [7, 11) is 0. The molecule has 0 spiro atoms. The van der Waals surface area contributed by atoms with Crippen LogP contribution in [-0.4, -0.2) is 67.4 Å². The number of rotatable bonds is 5. The van der Waals surface area contributed by atoms with Crippen LogP contribution in [0.3, 0.4) is 0 Å². The van der Waals surface area contributed by atoms with Gasteiger partial charge in [-0.2, -0.15) is 0 Å². The Hall–Kier alpha value is -2.38. The molecule has 0 unspecified atom stereocenters. The summed E-state index contributed by atoms with van der Waals surface area (Å²) in [5, 5.41) is 5.01. The third-order valence-corrected chi connectivity index (χ3v) is 6.24. The molecule has 2 amide bonds. The first-order valence-electron chi connectivity index (χ1n) is 9.90. The molecule has 1 aromatic heterocycles. The van der Waals surface area contributed by atoms with Crippen LogP contribution in [0.25, 0.3) is 0 Å². The lowest BCUT2D eigenvalue weighted by atomic mass is 10.2. The zero-order valence-electron chi connectivity index (χ0n) is 16.0. The lowest BCUT2D eigenvalue weighted by molar-refractivity contribution is -0.117. The van der Waals surface area contributed by atoms with E-state index in [-0.39, 0.29) is 11.8 Å². The first-order chi connectivity index (χ1) is 13.7. The van der Waals surface area contributed by atoms with E-state index in [1.54, 1.807) is 0 Å². The van der Waals surface area contributed by atoms with Crippen molar-refractivity contribution in [1.29, 1.82) is 0 Å². The molecule has 148 valence electrons.